The van der Waals surface area contributed by atoms with E-state index in [2.05, 4.69) is 5.32 Å². The van der Waals surface area contributed by atoms with Crippen molar-refractivity contribution in [1.29, 1.82) is 0 Å². The smallest absolute Gasteiger partial charge is 0.326 e. The molecule has 6 heteroatoms. The fourth-order valence-corrected chi connectivity index (χ4v) is 1.34. The molecule has 0 fully saturated rings. The fourth-order valence-electron chi connectivity index (χ4n) is 1.34. The molecule has 0 unspecified atom stereocenters. The molecule has 0 aromatic rings. The summed E-state index contributed by atoms with van der Waals surface area (Å²) in [6.07, 6.45) is 1.19. The molecule has 0 saturated heterocycles. The molecular formula is C11H17NO5. The predicted octanol–water partition coefficient (Wildman–Crippen LogP) is 0.490. The van der Waals surface area contributed by atoms with Gasteiger partial charge in [0.05, 0.1) is 0 Å². The van der Waals surface area contributed by atoms with Crippen LogP contribution >= 0.6 is 0 Å². The highest BCUT2D eigenvalue weighted by molar-refractivity contribution is 5.94. The summed E-state index contributed by atoms with van der Waals surface area (Å²) in [5, 5.41) is 11.5. The van der Waals surface area contributed by atoms with E-state index in [0.717, 1.165) is 0 Å². The summed E-state index contributed by atoms with van der Waals surface area (Å²) in [6.45, 7) is 5.88. The van der Waals surface area contributed by atoms with E-state index in [9.17, 15) is 9.59 Å². The van der Waals surface area contributed by atoms with Gasteiger partial charge in [-0.1, -0.05) is 20.8 Å². The SMILES string of the molecule is CC(C)(C)[C@@H](NC(=O)C1=COCCO1)C(=O)O. The van der Waals surface area contributed by atoms with Gasteiger partial charge in [0.2, 0.25) is 5.76 Å². The molecule has 0 saturated carbocycles. The van der Waals surface area contributed by atoms with Gasteiger partial charge < -0.3 is 19.9 Å². The first-order valence-corrected chi connectivity index (χ1v) is 5.30. The lowest BCUT2D eigenvalue weighted by Crippen LogP contribution is -2.49. The van der Waals surface area contributed by atoms with Crippen molar-refractivity contribution in [3.8, 4) is 0 Å². The van der Waals surface area contributed by atoms with Gasteiger partial charge in [0, 0.05) is 0 Å². The lowest BCUT2D eigenvalue weighted by atomic mass is 9.87. The molecule has 0 radical (unpaired) electrons. The Morgan fingerprint density at radius 3 is 2.47 bits per heavy atom. The average molecular weight is 243 g/mol. The van der Waals surface area contributed by atoms with E-state index in [1.54, 1.807) is 20.8 Å². The number of hydrogen-bond acceptors (Lipinski definition) is 4. The first kappa shape index (κ1) is 13.3. The van der Waals surface area contributed by atoms with Gasteiger partial charge in [-0.2, -0.15) is 0 Å². The highest BCUT2D eigenvalue weighted by Crippen LogP contribution is 2.20. The monoisotopic (exact) mass is 243 g/mol. The van der Waals surface area contributed by atoms with Crippen molar-refractivity contribution in [1.82, 2.24) is 5.32 Å². The molecule has 1 aliphatic rings. The second-order valence-electron chi connectivity index (χ2n) is 4.81. The molecule has 17 heavy (non-hydrogen) atoms. The van der Waals surface area contributed by atoms with Crippen LogP contribution in [0.4, 0.5) is 0 Å². The molecule has 1 atom stereocenters. The second-order valence-corrected chi connectivity index (χ2v) is 4.81. The Morgan fingerprint density at radius 2 is 2.06 bits per heavy atom. The van der Waals surface area contributed by atoms with Gasteiger partial charge in [-0.15, -0.1) is 0 Å². The third-order valence-electron chi connectivity index (χ3n) is 2.26. The molecule has 0 aliphatic carbocycles. The van der Waals surface area contributed by atoms with Gasteiger partial charge in [-0.3, -0.25) is 4.79 Å². The van der Waals surface area contributed by atoms with Gasteiger partial charge in [-0.05, 0) is 5.41 Å². The Kier molecular flexibility index (Phi) is 3.98. The lowest BCUT2D eigenvalue weighted by Gasteiger charge is -2.28. The quantitative estimate of drug-likeness (QED) is 0.753. The maximum Gasteiger partial charge on any atom is 0.326 e. The minimum Gasteiger partial charge on any atom is -0.494 e. The van der Waals surface area contributed by atoms with Gasteiger partial charge in [-0.25, -0.2) is 4.79 Å². The summed E-state index contributed by atoms with van der Waals surface area (Å²) < 4.78 is 10.00. The van der Waals surface area contributed by atoms with E-state index < -0.39 is 23.3 Å². The zero-order valence-electron chi connectivity index (χ0n) is 10.1. The van der Waals surface area contributed by atoms with E-state index in [1.807, 2.05) is 0 Å². The van der Waals surface area contributed by atoms with Crippen molar-refractivity contribution in [2.24, 2.45) is 5.41 Å². The Labute approximate surface area is 99.6 Å². The van der Waals surface area contributed by atoms with Crippen LogP contribution in [0, 0.1) is 5.41 Å². The van der Waals surface area contributed by atoms with Crippen LogP contribution in [0.25, 0.3) is 0 Å². The zero-order valence-corrected chi connectivity index (χ0v) is 10.1. The van der Waals surface area contributed by atoms with Crippen LogP contribution in [0.15, 0.2) is 12.0 Å². The Balaban J connectivity index is 2.71. The number of rotatable bonds is 3. The summed E-state index contributed by atoms with van der Waals surface area (Å²) in [7, 11) is 0. The van der Waals surface area contributed by atoms with Crippen LogP contribution in [0.2, 0.25) is 0 Å². The number of nitrogens with one attached hydrogen (secondary N) is 1. The number of carbonyl (C=O) groups is 2. The molecule has 1 amide bonds. The van der Waals surface area contributed by atoms with Crippen molar-refractivity contribution in [3.05, 3.63) is 12.0 Å². The zero-order chi connectivity index (χ0) is 13.1. The van der Waals surface area contributed by atoms with Gasteiger partial charge >= 0.3 is 5.97 Å². The molecule has 6 nitrogen and oxygen atoms in total. The fraction of sp³-hybridized carbons (Fsp3) is 0.636. The van der Waals surface area contributed by atoms with E-state index in [4.69, 9.17) is 14.6 Å². The molecule has 0 spiro atoms. The number of aliphatic carboxylic acids is 1. The maximum absolute atomic E-state index is 11.7. The summed E-state index contributed by atoms with van der Waals surface area (Å²) >= 11 is 0. The largest absolute Gasteiger partial charge is 0.494 e. The predicted molar refractivity (Wildman–Crippen MR) is 59.0 cm³/mol. The number of carboxylic acids is 1. The van der Waals surface area contributed by atoms with E-state index in [1.165, 1.54) is 6.26 Å². The summed E-state index contributed by atoms with van der Waals surface area (Å²) in [4.78, 5) is 22.8. The number of ether oxygens (including phenoxy) is 2. The number of carbonyl (C=O) groups excluding carboxylic acids is 1. The van der Waals surface area contributed by atoms with Crippen LogP contribution in [0.5, 0.6) is 0 Å². The Bertz CT molecular complexity index is 342. The van der Waals surface area contributed by atoms with Crippen molar-refractivity contribution < 1.29 is 24.2 Å². The molecule has 0 aromatic heterocycles. The van der Waals surface area contributed by atoms with Crippen molar-refractivity contribution in [3.63, 3.8) is 0 Å². The number of amides is 1. The molecular weight excluding hydrogens is 226 g/mol. The molecule has 1 aliphatic heterocycles. The van der Waals surface area contributed by atoms with Crippen molar-refractivity contribution in [2.45, 2.75) is 26.8 Å². The molecule has 1 heterocycles. The molecule has 96 valence electrons. The first-order chi connectivity index (χ1) is 7.82. The molecule has 1 rings (SSSR count). The highest BCUT2D eigenvalue weighted by atomic mass is 16.6. The average Bonchev–Trinajstić information content (AvgIpc) is 2.24. The van der Waals surface area contributed by atoms with Crippen LogP contribution in [-0.4, -0.2) is 36.2 Å². The number of carboxylic acid groups (broad SMARTS) is 1. The van der Waals surface area contributed by atoms with E-state index >= 15 is 0 Å². The van der Waals surface area contributed by atoms with Crippen LogP contribution < -0.4 is 5.32 Å². The number of hydrogen-bond donors (Lipinski definition) is 2. The molecule has 0 aromatic carbocycles. The van der Waals surface area contributed by atoms with Crippen molar-refractivity contribution >= 4 is 11.9 Å². The normalized spacial score (nSPS) is 17.2. The summed E-state index contributed by atoms with van der Waals surface area (Å²) in [6, 6.07) is -0.985. The molecule has 0 bridgehead atoms. The van der Waals surface area contributed by atoms with E-state index in [-0.39, 0.29) is 12.4 Å². The van der Waals surface area contributed by atoms with Gasteiger partial charge in [0.25, 0.3) is 5.91 Å². The minimum atomic E-state index is -1.08. The topological polar surface area (TPSA) is 84.9 Å². The van der Waals surface area contributed by atoms with Gasteiger partial charge in [0.1, 0.15) is 25.5 Å². The van der Waals surface area contributed by atoms with E-state index in [0.29, 0.717) is 6.61 Å². The maximum atomic E-state index is 11.7. The standard InChI is InChI=1S/C11H17NO5/c1-11(2,3)8(10(14)15)12-9(13)7-6-16-4-5-17-7/h6,8H,4-5H2,1-3H3,(H,12,13)(H,14,15)/t8-/m0/s1. The third-order valence-corrected chi connectivity index (χ3v) is 2.26. The molecule has 2 N–H and O–H groups in total. The lowest BCUT2D eigenvalue weighted by molar-refractivity contribution is -0.145. The first-order valence-electron chi connectivity index (χ1n) is 5.30. The van der Waals surface area contributed by atoms with Crippen LogP contribution in [0.3, 0.4) is 0 Å². The Hall–Kier alpha value is -1.72. The minimum absolute atomic E-state index is 0.00625. The highest BCUT2D eigenvalue weighted by Gasteiger charge is 2.33. The summed E-state index contributed by atoms with van der Waals surface area (Å²) in [5.74, 6) is -1.65. The Morgan fingerprint density at radius 1 is 1.41 bits per heavy atom. The van der Waals surface area contributed by atoms with Crippen molar-refractivity contribution in [2.75, 3.05) is 13.2 Å². The van der Waals surface area contributed by atoms with Crippen LogP contribution in [0.1, 0.15) is 20.8 Å². The second kappa shape index (κ2) is 5.07. The third kappa shape index (κ3) is 3.65. The van der Waals surface area contributed by atoms with Crippen LogP contribution in [-0.2, 0) is 19.1 Å². The summed E-state index contributed by atoms with van der Waals surface area (Å²) in [5.41, 5.74) is -0.586. The van der Waals surface area contributed by atoms with Gasteiger partial charge in [0.15, 0.2) is 0 Å².